The first-order valence-corrected chi connectivity index (χ1v) is 13.3. The maximum Gasteiger partial charge on any atom is 0.261 e. The molecule has 1 atom stereocenters. The van der Waals surface area contributed by atoms with Gasteiger partial charge in [-0.05, 0) is 53.9 Å². The van der Waals surface area contributed by atoms with E-state index in [1.807, 2.05) is 66.7 Å². The van der Waals surface area contributed by atoms with Crippen molar-refractivity contribution in [1.29, 1.82) is 0 Å². The summed E-state index contributed by atoms with van der Waals surface area (Å²) in [7, 11) is 0. The summed E-state index contributed by atoms with van der Waals surface area (Å²) >= 11 is 6.86. The highest BCUT2D eigenvalue weighted by Crippen LogP contribution is 2.19. The molecule has 0 spiro atoms. The molecule has 35 heavy (non-hydrogen) atoms. The van der Waals surface area contributed by atoms with E-state index in [0.717, 1.165) is 32.9 Å². The lowest BCUT2D eigenvalue weighted by atomic mass is 10.0. The van der Waals surface area contributed by atoms with Crippen molar-refractivity contribution in [3.05, 3.63) is 98.9 Å². The summed E-state index contributed by atoms with van der Waals surface area (Å²) < 4.78 is 7.67. The van der Waals surface area contributed by atoms with Crippen LogP contribution in [-0.2, 0) is 22.6 Å². The number of nitrogens with one attached hydrogen (secondary N) is 1. The van der Waals surface area contributed by atoms with Gasteiger partial charge in [0, 0.05) is 28.5 Å². The first-order valence-electron chi connectivity index (χ1n) is 11.7. The zero-order valence-corrected chi connectivity index (χ0v) is 22.9. The molecule has 0 saturated carbocycles. The second-order valence-electron chi connectivity index (χ2n) is 8.24. The van der Waals surface area contributed by atoms with Gasteiger partial charge in [0.05, 0.1) is 0 Å². The van der Waals surface area contributed by atoms with E-state index in [4.69, 9.17) is 4.74 Å². The van der Waals surface area contributed by atoms with E-state index in [1.54, 1.807) is 17.0 Å². The molecule has 0 aliphatic rings. The van der Waals surface area contributed by atoms with E-state index in [0.29, 0.717) is 25.3 Å². The fourth-order valence-corrected chi connectivity index (χ4v) is 4.13. The summed E-state index contributed by atoms with van der Waals surface area (Å²) in [5.41, 5.74) is 1.93. The predicted molar refractivity (Wildman–Crippen MR) is 146 cm³/mol. The van der Waals surface area contributed by atoms with Gasteiger partial charge in [0.25, 0.3) is 5.91 Å². The first-order chi connectivity index (χ1) is 17.0. The average Bonchev–Trinajstić information content (AvgIpc) is 2.87. The Hall–Kier alpha value is -2.64. The number of carbonyl (C=O) groups excluding carboxylic acids is 2. The molecule has 0 aliphatic heterocycles. The van der Waals surface area contributed by atoms with Crippen LogP contribution < -0.4 is 10.1 Å². The normalized spacial score (nSPS) is 11.5. The number of benzene rings is 3. The van der Waals surface area contributed by atoms with Crippen LogP contribution in [0.4, 0.5) is 0 Å². The first kappa shape index (κ1) is 27.0. The molecule has 0 fully saturated rings. The van der Waals surface area contributed by atoms with E-state index < -0.39 is 6.04 Å². The van der Waals surface area contributed by atoms with E-state index in [1.165, 1.54) is 0 Å². The maximum atomic E-state index is 13.5. The van der Waals surface area contributed by atoms with Gasteiger partial charge in [0.1, 0.15) is 11.8 Å². The third-order valence-electron chi connectivity index (χ3n) is 5.54. The minimum atomic E-state index is -0.668. The Morgan fingerprint density at radius 2 is 1.51 bits per heavy atom. The Morgan fingerprint density at radius 1 is 0.886 bits per heavy atom. The minimum Gasteiger partial charge on any atom is -0.484 e. The van der Waals surface area contributed by atoms with E-state index >= 15 is 0 Å². The summed E-state index contributed by atoms with van der Waals surface area (Å²) in [6.45, 7) is 2.80. The Labute approximate surface area is 224 Å². The van der Waals surface area contributed by atoms with Crippen LogP contribution in [0.2, 0.25) is 0 Å². The Morgan fingerprint density at radius 3 is 2.14 bits per heavy atom. The van der Waals surface area contributed by atoms with Crippen LogP contribution in [-0.4, -0.2) is 35.9 Å². The Balaban J connectivity index is 1.86. The molecule has 2 amide bonds. The number of halogens is 2. The zero-order valence-electron chi connectivity index (χ0n) is 19.8. The van der Waals surface area contributed by atoms with Gasteiger partial charge < -0.3 is 15.0 Å². The number of nitrogens with zero attached hydrogens (tertiary/aromatic N) is 1. The van der Waals surface area contributed by atoms with Gasteiger partial charge >= 0.3 is 0 Å². The maximum absolute atomic E-state index is 13.5. The van der Waals surface area contributed by atoms with Gasteiger partial charge in [0.15, 0.2) is 6.61 Å². The van der Waals surface area contributed by atoms with Gasteiger partial charge in [-0.15, -0.1) is 0 Å². The van der Waals surface area contributed by atoms with E-state index in [-0.39, 0.29) is 18.4 Å². The minimum absolute atomic E-state index is 0.156. The van der Waals surface area contributed by atoms with Gasteiger partial charge in [-0.2, -0.15) is 0 Å². The lowest BCUT2D eigenvalue weighted by molar-refractivity contribution is -0.142. The molecule has 1 N–H and O–H groups in total. The highest BCUT2D eigenvalue weighted by molar-refractivity contribution is 9.10. The topological polar surface area (TPSA) is 58.6 Å². The molecule has 3 aromatic rings. The average molecular weight is 602 g/mol. The smallest absolute Gasteiger partial charge is 0.261 e. The van der Waals surface area contributed by atoms with E-state index in [9.17, 15) is 9.59 Å². The Bertz CT molecular complexity index is 1070. The summed E-state index contributed by atoms with van der Waals surface area (Å²) in [5.74, 6) is 0.191. The molecule has 0 saturated heterocycles. The molecule has 0 heterocycles. The quantitative estimate of drug-likeness (QED) is 0.253. The van der Waals surface area contributed by atoms with Crippen molar-refractivity contribution >= 4 is 43.7 Å². The summed E-state index contributed by atoms with van der Waals surface area (Å²) in [4.78, 5) is 28.5. The standard InChI is InChI=1S/C28H30Br2N2O3/c1-2-3-17-31-28(34)26(18-21-7-5-4-6-8-21)32(19-22-9-11-23(29)12-10-22)27(33)20-35-25-15-13-24(30)14-16-25/h4-16,26H,2-3,17-20H2,1H3,(H,31,34)/t26-/m0/s1. The number of carbonyl (C=O) groups is 2. The van der Waals surface area contributed by atoms with Crippen molar-refractivity contribution in [3.8, 4) is 5.75 Å². The molecule has 0 aromatic heterocycles. The van der Waals surface area contributed by atoms with Crippen LogP contribution in [0.5, 0.6) is 5.75 Å². The number of hydrogen-bond acceptors (Lipinski definition) is 3. The lowest BCUT2D eigenvalue weighted by Crippen LogP contribution is -2.51. The molecule has 5 nitrogen and oxygen atoms in total. The largest absolute Gasteiger partial charge is 0.484 e. The van der Waals surface area contributed by atoms with Crippen molar-refractivity contribution in [1.82, 2.24) is 10.2 Å². The summed E-state index contributed by atoms with van der Waals surface area (Å²) in [6, 6.07) is 24.2. The third kappa shape index (κ3) is 8.82. The zero-order chi connectivity index (χ0) is 25.0. The van der Waals surface area contributed by atoms with Crippen LogP contribution in [0.15, 0.2) is 87.8 Å². The van der Waals surface area contributed by atoms with Gasteiger partial charge in [-0.3, -0.25) is 9.59 Å². The highest BCUT2D eigenvalue weighted by Gasteiger charge is 2.30. The van der Waals surface area contributed by atoms with Crippen LogP contribution in [0.3, 0.4) is 0 Å². The SMILES string of the molecule is CCCCNC(=O)[C@H](Cc1ccccc1)N(Cc1ccc(Br)cc1)C(=O)COc1ccc(Br)cc1. The van der Waals surface area contributed by atoms with Crippen molar-refractivity contribution in [3.63, 3.8) is 0 Å². The fourth-order valence-electron chi connectivity index (χ4n) is 3.61. The fraction of sp³-hybridized carbons (Fsp3) is 0.286. The molecule has 184 valence electrons. The number of hydrogen-bond donors (Lipinski definition) is 1. The molecule has 0 aliphatic carbocycles. The number of unbranched alkanes of at least 4 members (excludes halogenated alkanes) is 1. The van der Waals surface area contributed by atoms with Crippen LogP contribution in [0, 0.1) is 0 Å². The number of rotatable bonds is 12. The second kappa shape index (κ2) is 14.0. The number of amides is 2. The highest BCUT2D eigenvalue weighted by atomic mass is 79.9. The summed E-state index contributed by atoms with van der Waals surface area (Å²) in [6.07, 6.45) is 2.28. The molecule has 0 bridgehead atoms. The van der Waals surface area contributed by atoms with Crippen molar-refractivity contribution in [2.24, 2.45) is 0 Å². The predicted octanol–water partition coefficient (Wildman–Crippen LogP) is 6.15. The number of ether oxygens (including phenoxy) is 1. The van der Waals surface area contributed by atoms with Crippen LogP contribution >= 0.6 is 31.9 Å². The second-order valence-corrected chi connectivity index (χ2v) is 10.1. The van der Waals surface area contributed by atoms with E-state index in [2.05, 4.69) is 44.1 Å². The monoisotopic (exact) mass is 600 g/mol. The van der Waals surface area contributed by atoms with Crippen molar-refractivity contribution in [2.45, 2.75) is 38.8 Å². The van der Waals surface area contributed by atoms with Crippen LogP contribution in [0.1, 0.15) is 30.9 Å². The lowest BCUT2D eigenvalue weighted by Gasteiger charge is -2.31. The Kier molecular flexibility index (Phi) is 10.8. The van der Waals surface area contributed by atoms with Crippen molar-refractivity contribution in [2.75, 3.05) is 13.2 Å². The molecule has 7 heteroatoms. The molecular formula is C28H30Br2N2O3. The molecule has 3 rings (SSSR count). The van der Waals surface area contributed by atoms with Gasteiger partial charge in [0.2, 0.25) is 5.91 Å². The van der Waals surface area contributed by atoms with Gasteiger partial charge in [-0.1, -0.05) is 87.7 Å². The van der Waals surface area contributed by atoms with Crippen LogP contribution in [0.25, 0.3) is 0 Å². The van der Waals surface area contributed by atoms with Gasteiger partial charge in [-0.25, -0.2) is 0 Å². The van der Waals surface area contributed by atoms with Crippen molar-refractivity contribution < 1.29 is 14.3 Å². The third-order valence-corrected chi connectivity index (χ3v) is 6.60. The summed E-state index contributed by atoms with van der Waals surface area (Å²) in [5, 5.41) is 3.03. The molecule has 0 radical (unpaired) electrons. The molecular weight excluding hydrogens is 572 g/mol. The molecule has 3 aromatic carbocycles. The molecule has 0 unspecified atom stereocenters.